The van der Waals surface area contributed by atoms with Gasteiger partial charge in [-0.15, -0.1) is 0 Å². The Labute approximate surface area is 303 Å². The normalized spacial score (nSPS) is 11.6. The first-order valence-electron chi connectivity index (χ1n) is 15.1. The summed E-state index contributed by atoms with van der Waals surface area (Å²) >= 11 is 23.9. The predicted octanol–water partition coefficient (Wildman–Crippen LogP) is 9.35. The molecule has 0 spiro atoms. The van der Waals surface area contributed by atoms with Crippen LogP contribution >= 0.6 is 46.4 Å². The number of esters is 2. The second-order valence-corrected chi connectivity index (χ2v) is 12.6. The van der Waals surface area contributed by atoms with E-state index in [1.807, 2.05) is 27.7 Å². The predicted molar refractivity (Wildman–Crippen MR) is 186 cm³/mol. The highest BCUT2D eigenvalue weighted by Gasteiger charge is 2.30. The Bertz CT molecular complexity index is 1760. The maximum Gasteiger partial charge on any atom is 0.359 e. The van der Waals surface area contributed by atoms with Crippen molar-refractivity contribution < 1.29 is 38.4 Å². The fourth-order valence-electron chi connectivity index (χ4n) is 4.35. The molecule has 2 aromatic carbocycles. The maximum atomic E-state index is 12.2. The Morgan fingerprint density at radius 2 is 1.10 bits per heavy atom. The topological polar surface area (TPSA) is 144 Å². The summed E-state index contributed by atoms with van der Waals surface area (Å²) in [5.74, 6) is -0.239. The number of hydrogen-bond donors (Lipinski definition) is 1. The molecule has 0 amide bonds. The molecule has 16 heteroatoms. The lowest BCUT2D eigenvalue weighted by atomic mass is 10.1. The number of nitrogens with zero attached hydrogens (tertiary/aromatic N) is 4. The van der Waals surface area contributed by atoms with Crippen LogP contribution in [-0.4, -0.2) is 56.1 Å². The van der Waals surface area contributed by atoms with Gasteiger partial charge in [-0.1, -0.05) is 46.4 Å². The van der Waals surface area contributed by atoms with E-state index in [1.54, 1.807) is 50.2 Å². The Morgan fingerprint density at radius 3 is 1.49 bits per heavy atom. The van der Waals surface area contributed by atoms with E-state index >= 15 is 0 Å². The number of ether oxygens (including phenoxy) is 4. The minimum absolute atomic E-state index is 0.0123. The molecule has 1 atom stereocenters. The standard InChI is InChI=1S/C17H20Cl2N2O4.C16H16Cl2N2O4/c1-5-24-17(23)15-14(10(4)22)16(21(20-15)9(2)3)25-13-7-11(18)6-12(19)8-13;1-4-23-16(22)14-13(8-21)15(20(19-14)9(2)3)24-12-6-10(17)5-11(18)7-12/h6-10,22H,5H2,1-4H3;5-9H,4H2,1-3H3/t10-;/m1./s1. The average molecular weight is 758 g/mol. The van der Waals surface area contributed by atoms with Crippen LogP contribution < -0.4 is 9.47 Å². The molecule has 0 saturated carbocycles. The highest BCUT2D eigenvalue weighted by molar-refractivity contribution is 6.35. The largest absolute Gasteiger partial charge is 0.461 e. The molecule has 0 aliphatic rings. The molecule has 49 heavy (non-hydrogen) atoms. The lowest BCUT2D eigenvalue weighted by Gasteiger charge is -2.14. The van der Waals surface area contributed by atoms with Crippen molar-refractivity contribution in [3.05, 3.63) is 79.0 Å². The summed E-state index contributed by atoms with van der Waals surface area (Å²) < 4.78 is 24.6. The van der Waals surface area contributed by atoms with Crippen LogP contribution in [0.5, 0.6) is 23.3 Å². The molecule has 0 fully saturated rings. The van der Waals surface area contributed by atoms with Crippen LogP contribution in [0.4, 0.5) is 0 Å². The van der Waals surface area contributed by atoms with Gasteiger partial charge in [0.05, 0.1) is 37.0 Å². The molecule has 2 aromatic heterocycles. The van der Waals surface area contributed by atoms with Gasteiger partial charge < -0.3 is 24.1 Å². The van der Waals surface area contributed by atoms with Crippen LogP contribution in [0.1, 0.15) is 104 Å². The fraction of sp³-hybridized carbons (Fsp3) is 0.364. The van der Waals surface area contributed by atoms with Crippen molar-refractivity contribution in [1.29, 1.82) is 0 Å². The summed E-state index contributed by atoms with van der Waals surface area (Å²) in [6.45, 7) is 12.7. The van der Waals surface area contributed by atoms with Gasteiger partial charge in [-0.05, 0) is 84.9 Å². The molecular formula is C33H36Cl4N4O8. The zero-order chi connectivity index (χ0) is 36.6. The molecule has 12 nitrogen and oxygen atoms in total. The molecular weight excluding hydrogens is 722 g/mol. The van der Waals surface area contributed by atoms with Gasteiger partial charge in [0, 0.05) is 20.1 Å². The average Bonchev–Trinajstić information content (AvgIpc) is 3.56. The molecule has 1 N–H and O–H groups in total. The number of aldehydes is 1. The minimum Gasteiger partial charge on any atom is -0.461 e. The van der Waals surface area contributed by atoms with Crippen molar-refractivity contribution in [2.24, 2.45) is 0 Å². The quantitative estimate of drug-likeness (QED) is 0.110. The minimum atomic E-state index is -0.989. The second kappa shape index (κ2) is 17.7. The lowest BCUT2D eigenvalue weighted by molar-refractivity contribution is 0.0505. The summed E-state index contributed by atoms with van der Waals surface area (Å²) in [6.07, 6.45) is -0.476. The first kappa shape index (κ1) is 39.6. The third-order valence-electron chi connectivity index (χ3n) is 6.36. The van der Waals surface area contributed by atoms with Crippen LogP contribution in [-0.2, 0) is 9.47 Å². The highest BCUT2D eigenvalue weighted by atomic mass is 35.5. The molecule has 0 bridgehead atoms. The summed E-state index contributed by atoms with van der Waals surface area (Å²) in [5.41, 5.74) is 0.193. The Hall–Kier alpha value is -3.81. The lowest BCUT2D eigenvalue weighted by Crippen LogP contribution is -2.10. The fourth-order valence-corrected chi connectivity index (χ4v) is 5.36. The van der Waals surface area contributed by atoms with E-state index in [-0.39, 0.29) is 59.6 Å². The van der Waals surface area contributed by atoms with Crippen molar-refractivity contribution in [1.82, 2.24) is 19.6 Å². The third-order valence-corrected chi connectivity index (χ3v) is 7.23. The number of carbonyl (C=O) groups excluding carboxylic acids is 3. The Morgan fingerprint density at radius 1 is 0.714 bits per heavy atom. The van der Waals surface area contributed by atoms with Gasteiger partial charge in [-0.3, -0.25) is 4.79 Å². The molecule has 0 unspecified atom stereocenters. The van der Waals surface area contributed by atoms with Crippen LogP contribution in [0, 0.1) is 0 Å². The van der Waals surface area contributed by atoms with Gasteiger partial charge in [-0.25, -0.2) is 19.0 Å². The molecule has 0 aliphatic heterocycles. The Balaban J connectivity index is 0.000000266. The molecule has 4 rings (SSSR count). The molecule has 0 radical (unpaired) electrons. The Kier molecular flexibility index (Phi) is 14.3. The molecule has 4 aromatic rings. The van der Waals surface area contributed by atoms with E-state index in [9.17, 15) is 19.5 Å². The number of halogens is 4. The van der Waals surface area contributed by atoms with Gasteiger partial charge in [0.25, 0.3) is 0 Å². The van der Waals surface area contributed by atoms with E-state index in [4.69, 9.17) is 65.4 Å². The number of carbonyl (C=O) groups is 3. The summed E-state index contributed by atoms with van der Waals surface area (Å²) in [6, 6.07) is 9.12. The van der Waals surface area contributed by atoms with E-state index in [0.717, 1.165) is 0 Å². The summed E-state index contributed by atoms with van der Waals surface area (Å²) in [7, 11) is 0. The van der Waals surface area contributed by atoms with Crippen LogP contribution in [0.2, 0.25) is 20.1 Å². The number of aliphatic hydroxyl groups is 1. The third kappa shape index (κ3) is 10.1. The molecule has 0 aliphatic carbocycles. The molecule has 2 heterocycles. The van der Waals surface area contributed by atoms with Crippen molar-refractivity contribution in [3.63, 3.8) is 0 Å². The summed E-state index contributed by atoms with van der Waals surface area (Å²) in [5, 5.41) is 20.2. The van der Waals surface area contributed by atoms with Crippen LogP contribution in [0.25, 0.3) is 0 Å². The van der Waals surface area contributed by atoms with E-state index < -0.39 is 18.0 Å². The van der Waals surface area contributed by atoms with Gasteiger partial charge in [0.15, 0.2) is 17.7 Å². The number of hydrogen-bond acceptors (Lipinski definition) is 10. The highest BCUT2D eigenvalue weighted by Crippen LogP contribution is 2.37. The first-order chi connectivity index (χ1) is 23.1. The molecule has 264 valence electrons. The van der Waals surface area contributed by atoms with Gasteiger partial charge in [-0.2, -0.15) is 10.2 Å². The first-order valence-corrected chi connectivity index (χ1v) is 16.6. The number of rotatable bonds is 12. The van der Waals surface area contributed by atoms with Crippen molar-refractivity contribution in [3.8, 4) is 23.3 Å². The second-order valence-electron chi connectivity index (χ2n) is 10.9. The maximum absolute atomic E-state index is 12.2. The summed E-state index contributed by atoms with van der Waals surface area (Å²) in [4.78, 5) is 35.8. The zero-order valence-corrected chi connectivity index (χ0v) is 30.8. The van der Waals surface area contributed by atoms with Gasteiger partial charge in [0.1, 0.15) is 17.1 Å². The molecule has 0 saturated heterocycles. The zero-order valence-electron chi connectivity index (χ0n) is 27.8. The van der Waals surface area contributed by atoms with Gasteiger partial charge in [0.2, 0.25) is 11.8 Å². The SMILES string of the molecule is CCOC(=O)c1nn(C(C)C)c(Oc2cc(Cl)cc(Cl)c2)c1C=O.CCOC(=O)c1nn(C(C)C)c(Oc2cc(Cl)cc(Cl)c2)c1[C@@H](C)O. The number of aromatic nitrogens is 4. The van der Waals surface area contributed by atoms with Gasteiger partial charge >= 0.3 is 11.9 Å². The van der Waals surface area contributed by atoms with E-state index in [0.29, 0.717) is 37.9 Å². The van der Waals surface area contributed by atoms with E-state index in [1.165, 1.54) is 16.3 Å². The van der Waals surface area contributed by atoms with Crippen molar-refractivity contribution in [2.45, 2.75) is 66.7 Å². The van der Waals surface area contributed by atoms with Crippen molar-refractivity contribution in [2.75, 3.05) is 13.2 Å². The number of benzene rings is 2. The van der Waals surface area contributed by atoms with Crippen LogP contribution in [0.3, 0.4) is 0 Å². The van der Waals surface area contributed by atoms with Crippen molar-refractivity contribution >= 4 is 64.6 Å². The smallest absolute Gasteiger partial charge is 0.359 e. The van der Waals surface area contributed by atoms with E-state index in [2.05, 4.69) is 10.2 Å². The monoisotopic (exact) mass is 756 g/mol. The van der Waals surface area contributed by atoms with Crippen LogP contribution in [0.15, 0.2) is 36.4 Å². The number of aliphatic hydroxyl groups excluding tert-OH is 1.